The summed E-state index contributed by atoms with van der Waals surface area (Å²) in [6.45, 7) is 3.16. The number of hydrogen-bond acceptors (Lipinski definition) is 4. The summed E-state index contributed by atoms with van der Waals surface area (Å²) < 4.78 is 42.8. The molecule has 0 bridgehead atoms. The van der Waals surface area contributed by atoms with E-state index in [4.69, 9.17) is 10.5 Å². The lowest BCUT2D eigenvalue weighted by molar-refractivity contribution is -0.153. The van der Waals surface area contributed by atoms with Gasteiger partial charge in [-0.25, -0.2) is 9.59 Å². The summed E-state index contributed by atoms with van der Waals surface area (Å²) in [5, 5.41) is 1.80. The molecule has 0 radical (unpaired) electrons. The van der Waals surface area contributed by atoms with Gasteiger partial charge in [0.25, 0.3) is 5.91 Å². The van der Waals surface area contributed by atoms with Crippen molar-refractivity contribution in [2.75, 3.05) is 0 Å². The molecule has 1 rings (SSSR count). The fraction of sp³-hybridized carbons (Fsp3) is 0.312. The molecule has 6 nitrogen and oxygen atoms in total. The van der Waals surface area contributed by atoms with E-state index >= 15 is 0 Å². The maximum atomic E-state index is 12.6. The molecule has 0 aliphatic carbocycles. The van der Waals surface area contributed by atoms with Crippen molar-refractivity contribution in [2.45, 2.75) is 26.1 Å². The van der Waals surface area contributed by atoms with Gasteiger partial charge in [0.15, 0.2) is 6.10 Å². The van der Waals surface area contributed by atoms with Crippen molar-refractivity contribution < 1.29 is 32.3 Å². The first-order chi connectivity index (χ1) is 11.5. The van der Waals surface area contributed by atoms with Gasteiger partial charge < -0.3 is 10.5 Å². The van der Waals surface area contributed by atoms with Crippen molar-refractivity contribution in [3.63, 3.8) is 0 Å². The molecule has 0 aromatic heterocycles. The van der Waals surface area contributed by atoms with Crippen LogP contribution in [0.5, 0.6) is 0 Å². The average Bonchev–Trinajstić information content (AvgIpc) is 2.49. The van der Waals surface area contributed by atoms with Gasteiger partial charge in [-0.3, -0.25) is 10.1 Å². The van der Waals surface area contributed by atoms with E-state index in [1.165, 1.54) is 12.1 Å². The Bertz CT molecular complexity index is 684. The maximum Gasteiger partial charge on any atom is 0.416 e. The summed E-state index contributed by atoms with van der Waals surface area (Å²) >= 11 is 0. The highest BCUT2D eigenvalue weighted by molar-refractivity contribution is 5.97. The van der Waals surface area contributed by atoms with Crippen LogP contribution in [0, 0.1) is 5.92 Å². The van der Waals surface area contributed by atoms with Crippen molar-refractivity contribution in [1.29, 1.82) is 0 Å². The minimum atomic E-state index is -4.50. The lowest BCUT2D eigenvalue weighted by Crippen LogP contribution is -2.45. The SMILES string of the molecule is CC(C)[C@H](OC(=O)/C=C/c1cccc(C(F)(F)F)c1)C(=O)NC(N)=O. The summed E-state index contributed by atoms with van der Waals surface area (Å²) in [5.41, 5.74) is 4.11. The molecule has 1 aromatic carbocycles. The van der Waals surface area contributed by atoms with Gasteiger partial charge in [-0.1, -0.05) is 26.0 Å². The number of alkyl halides is 3. The molecule has 1 aromatic rings. The summed E-state index contributed by atoms with van der Waals surface area (Å²) in [4.78, 5) is 34.2. The third kappa shape index (κ3) is 6.66. The predicted octanol–water partition coefficient (Wildman–Crippen LogP) is 2.48. The lowest BCUT2D eigenvalue weighted by atomic mass is 10.1. The first kappa shape index (κ1) is 20.2. The normalized spacial score (nSPS) is 12.9. The van der Waals surface area contributed by atoms with Gasteiger partial charge in [0, 0.05) is 6.08 Å². The highest BCUT2D eigenvalue weighted by Crippen LogP contribution is 2.29. The van der Waals surface area contributed by atoms with Crippen LogP contribution in [-0.2, 0) is 20.5 Å². The topological polar surface area (TPSA) is 98.5 Å². The molecule has 0 unspecified atom stereocenters. The van der Waals surface area contributed by atoms with E-state index in [2.05, 4.69) is 0 Å². The second-order valence-electron chi connectivity index (χ2n) is 5.41. The number of carbonyl (C=O) groups excluding carboxylic acids is 3. The number of hydrogen-bond donors (Lipinski definition) is 2. The van der Waals surface area contributed by atoms with E-state index in [9.17, 15) is 27.6 Å². The number of nitrogens with two attached hydrogens (primary N) is 1. The van der Waals surface area contributed by atoms with Gasteiger partial charge in [-0.05, 0) is 29.7 Å². The maximum absolute atomic E-state index is 12.6. The summed E-state index contributed by atoms with van der Waals surface area (Å²) in [7, 11) is 0. The molecule has 136 valence electrons. The smallest absolute Gasteiger partial charge is 0.416 e. The van der Waals surface area contributed by atoms with E-state index in [-0.39, 0.29) is 5.56 Å². The van der Waals surface area contributed by atoms with E-state index < -0.39 is 41.7 Å². The number of imide groups is 1. The van der Waals surface area contributed by atoms with Crippen LogP contribution in [0.25, 0.3) is 6.08 Å². The quantitative estimate of drug-likeness (QED) is 0.624. The third-order valence-corrected chi connectivity index (χ3v) is 2.98. The minimum Gasteiger partial charge on any atom is -0.449 e. The molecular formula is C16H17F3N2O4. The Morgan fingerprint density at radius 2 is 1.88 bits per heavy atom. The van der Waals surface area contributed by atoms with Gasteiger partial charge in [0.05, 0.1) is 5.56 Å². The zero-order valence-electron chi connectivity index (χ0n) is 13.5. The molecule has 1 atom stereocenters. The number of amides is 3. The van der Waals surface area contributed by atoms with Crippen molar-refractivity contribution in [3.05, 3.63) is 41.5 Å². The Hall–Kier alpha value is -2.84. The zero-order valence-corrected chi connectivity index (χ0v) is 13.5. The van der Waals surface area contributed by atoms with Crippen LogP contribution in [0.1, 0.15) is 25.0 Å². The number of primary amides is 1. The summed E-state index contributed by atoms with van der Waals surface area (Å²) in [6, 6.07) is 3.25. The van der Waals surface area contributed by atoms with Crippen molar-refractivity contribution >= 4 is 24.0 Å². The molecule has 3 amide bonds. The average molecular weight is 358 g/mol. The van der Waals surface area contributed by atoms with Crippen molar-refractivity contribution in [1.82, 2.24) is 5.32 Å². The predicted molar refractivity (Wildman–Crippen MR) is 82.9 cm³/mol. The molecule has 9 heteroatoms. The molecule has 0 fully saturated rings. The Kier molecular flexibility index (Phi) is 6.72. The van der Waals surface area contributed by atoms with Crippen LogP contribution in [0.15, 0.2) is 30.3 Å². The summed E-state index contributed by atoms with van der Waals surface area (Å²) in [5.74, 6) is -2.29. The van der Waals surface area contributed by atoms with Crippen LogP contribution >= 0.6 is 0 Å². The first-order valence-electron chi connectivity index (χ1n) is 7.17. The van der Waals surface area contributed by atoms with Crippen LogP contribution in [0.4, 0.5) is 18.0 Å². The fourth-order valence-corrected chi connectivity index (χ4v) is 1.83. The second kappa shape index (κ2) is 8.32. The molecule has 0 spiro atoms. The van der Waals surface area contributed by atoms with E-state index in [0.29, 0.717) is 0 Å². The fourth-order valence-electron chi connectivity index (χ4n) is 1.83. The van der Waals surface area contributed by atoms with Crippen molar-refractivity contribution in [3.8, 4) is 0 Å². The van der Waals surface area contributed by atoms with Gasteiger partial charge >= 0.3 is 18.2 Å². The zero-order chi connectivity index (χ0) is 19.2. The number of rotatable bonds is 5. The van der Waals surface area contributed by atoms with Crippen LogP contribution < -0.4 is 11.1 Å². The van der Waals surface area contributed by atoms with E-state index in [1.807, 2.05) is 0 Å². The Morgan fingerprint density at radius 1 is 1.24 bits per heavy atom. The molecule has 0 aliphatic rings. The Labute approximate surface area is 141 Å². The molecule has 3 N–H and O–H groups in total. The van der Waals surface area contributed by atoms with Crippen LogP contribution in [0.2, 0.25) is 0 Å². The second-order valence-corrected chi connectivity index (χ2v) is 5.41. The van der Waals surface area contributed by atoms with E-state index in [1.54, 1.807) is 19.2 Å². The van der Waals surface area contributed by atoms with Crippen molar-refractivity contribution in [2.24, 2.45) is 11.7 Å². The molecule has 0 aliphatic heterocycles. The van der Waals surface area contributed by atoms with Crippen LogP contribution in [-0.4, -0.2) is 24.0 Å². The number of ether oxygens (including phenoxy) is 1. The lowest BCUT2D eigenvalue weighted by Gasteiger charge is -2.18. The van der Waals surface area contributed by atoms with Gasteiger partial charge in [-0.15, -0.1) is 0 Å². The number of esters is 1. The number of urea groups is 1. The monoisotopic (exact) mass is 358 g/mol. The number of benzene rings is 1. The number of halogens is 3. The summed E-state index contributed by atoms with van der Waals surface area (Å²) in [6.07, 6.45) is -3.75. The molecule has 0 saturated carbocycles. The Morgan fingerprint density at radius 3 is 2.40 bits per heavy atom. The van der Waals surface area contributed by atoms with Gasteiger partial charge in [-0.2, -0.15) is 13.2 Å². The van der Waals surface area contributed by atoms with Gasteiger partial charge in [0.2, 0.25) is 0 Å². The Balaban J connectivity index is 2.82. The number of nitrogens with one attached hydrogen (secondary N) is 1. The van der Waals surface area contributed by atoms with E-state index in [0.717, 1.165) is 24.3 Å². The molecule has 0 heterocycles. The highest BCUT2D eigenvalue weighted by Gasteiger charge is 2.30. The molecular weight excluding hydrogens is 341 g/mol. The first-order valence-corrected chi connectivity index (χ1v) is 7.17. The largest absolute Gasteiger partial charge is 0.449 e. The highest BCUT2D eigenvalue weighted by atomic mass is 19.4. The molecule has 0 saturated heterocycles. The van der Waals surface area contributed by atoms with Gasteiger partial charge in [0.1, 0.15) is 0 Å². The standard InChI is InChI=1S/C16H17F3N2O4/c1-9(2)13(14(23)21-15(20)24)25-12(22)7-6-10-4-3-5-11(8-10)16(17,18)19/h3-9,13H,1-2H3,(H3,20,21,23,24)/b7-6+/t13-/m0/s1. The molecule has 25 heavy (non-hydrogen) atoms. The number of carbonyl (C=O) groups is 3. The van der Waals surface area contributed by atoms with Crippen LogP contribution in [0.3, 0.4) is 0 Å². The third-order valence-electron chi connectivity index (χ3n) is 2.98. The minimum absolute atomic E-state index is 0.134.